The molecule has 2 amide bonds. The lowest BCUT2D eigenvalue weighted by Crippen LogP contribution is -2.56. The van der Waals surface area contributed by atoms with Gasteiger partial charge in [-0.3, -0.25) is 14.9 Å². The van der Waals surface area contributed by atoms with E-state index < -0.39 is 29.7 Å². The van der Waals surface area contributed by atoms with Gasteiger partial charge in [0, 0.05) is 25.2 Å². The van der Waals surface area contributed by atoms with Crippen molar-refractivity contribution in [3.05, 3.63) is 24.0 Å². The van der Waals surface area contributed by atoms with E-state index in [0.717, 1.165) is 0 Å². The fourth-order valence-corrected chi connectivity index (χ4v) is 3.31. The van der Waals surface area contributed by atoms with Gasteiger partial charge in [-0.1, -0.05) is 0 Å². The van der Waals surface area contributed by atoms with Crippen LogP contribution >= 0.6 is 0 Å². The molecule has 0 bridgehead atoms. The first-order valence-electron chi connectivity index (χ1n) is 9.31. The lowest BCUT2D eigenvalue weighted by molar-refractivity contribution is -0.133. The first-order valence-corrected chi connectivity index (χ1v) is 9.31. The van der Waals surface area contributed by atoms with Gasteiger partial charge in [0.25, 0.3) is 5.92 Å². The summed E-state index contributed by atoms with van der Waals surface area (Å²) in [5.41, 5.74) is 0.665. The molecular formula is C18H24F3N5O2. The van der Waals surface area contributed by atoms with Crippen molar-refractivity contribution in [1.29, 1.82) is 0 Å². The Balaban J connectivity index is 1.46. The summed E-state index contributed by atoms with van der Waals surface area (Å²) in [5.74, 6) is -4.07. The van der Waals surface area contributed by atoms with Gasteiger partial charge in [0.15, 0.2) is 0 Å². The number of nitrogens with one attached hydrogen (secondary N) is 5. The van der Waals surface area contributed by atoms with Crippen molar-refractivity contribution >= 4 is 23.2 Å². The topological polar surface area (TPSA) is 94.3 Å². The SMILES string of the molecule is O=C1CCC(Nc2ccc(NCCNC3CCNCC3(F)F)c(F)c2)C(=O)N1. The first-order chi connectivity index (χ1) is 13.3. The predicted octanol–water partition coefficient (Wildman–Crippen LogP) is 1.04. The van der Waals surface area contributed by atoms with E-state index in [0.29, 0.717) is 25.1 Å². The van der Waals surface area contributed by atoms with Crippen molar-refractivity contribution in [3.8, 4) is 0 Å². The zero-order valence-electron chi connectivity index (χ0n) is 15.3. The van der Waals surface area contributed by atoms with Gasteiger partial charge in [-0.05, 0) is 37.6 Å². The third-order valence-corrected chi connectivity index (χ3v) is 4.86. The van der Waals surface area contributed by atoms with Crippen LogP contribution in [0.4, 0.5) is 24.5 Å². The zero-order valence-corrected chi connectivity index (χ0v) is 15.3. The van der Waals surface area contributed by atoms with E-state index in [4.69, 9.17) is 0 Å². The number of halogens is 3. The van der Waals surface area contributed by atoms with Crippen LogP contribution in [0.3, 0.4) is 0 Å². The van der Waals surface area contributed by atoms with Crippen molar-refractivity contribution in [1.82, 2.24) is 16.0 Å². The highest BCUT2D eigenvalue weighted by Crippen LogP contribution is 2.23. The second-order valence-electron chi connectivity index (χ2n) is 7.00. The number of rotatable bonds is 7. The maximum Gasteiger partial charge on any atom is 0.275 e. The predicted molar refractivity (Wildman–Crippen MR) is 98.9 cm³/mol. The van der Waals surface area contributed by atoms with Crippen molar-refractivity contribution < 1.29 is 22.8 Å². The average Bonchev–Trinajstić information content (AvgIpc) is 2.63. The number of carbonyl (C=O) groups is 2. The minimum atomic E-state index is -2.80. The molecule has 0 aliphatic carbocycles. The van der Waals surface area contributed by atoms with E-state index in [1.807, 2.05) is 0 Å². The number of carbonyl (C=O) groups excluding carboxylic acids is 2. The maximum atomic E-state index is 14.3. The molecular weight excluding hydrogens is 375 g/mol. The molecule has 1 aromatic carbocycles. The number of alkyl halides is 2. The van der Waals surface area contributed by atoms with Crippen LogP contribution in [0.15, 0.2) is 18.2 Å². The Morgan fingerprint density at radius 1 is 1.18 bits per heavy atom. The molecule has 2 unspecified atom stereocenters. The van der Waals surface area contributed by atoms with Gasteiger partial charge >= 0.3 is 0 Å². The number of anilines is 2. The zero-order chi connectivity index (χ0) is 20.1. The monoisotopic (exact) mass is 399 g/mol. The highest BCUT2D eigenvalue weighted by Gasteiger charge is 2.40. The molecule has 5 N–H and O–H groups in total. The first kappa shape index (κ1) is 20.4. The summed E-state index contributed by atoms with van der Waals surface area (Å²) in [7, 11) is 0. The number of amides is 2. The van der Waals surface area contributed by atoms with Gasteiger partial charge in [0.2, 0.25) is 11.8 Å². The minimum Gasteiger partial charge on any atom is -0.381 e. The normalized spacial score (nSPS) is 24.5. The summed E-state index contributed by atoms with van der Waals surface area (Å²) < 4.78 is 41.7. The molecule has 3 rings (SSSR count). The van der Waals surface area contributed by atoms with Gasteiger partial charge in [0.1, 0.15) is 11.9 Å². The highest BCUT2D eigenvalue weighted by molar-refractivity contribution is 6.01. The van der Waals surface area contributed by atoms with Gasteiger partial charge in [-0.2, -0.15) is 0 Å². The number of piperidine rings is 2. The largest absolute Gasteiger partial charge is 0.381 e. The molecule has 2 aliphatic heterocycles. The molecule has 154 valence electrons. The van der Waals surface area contributed by atoms with E-state index in [9.17, 15) is 22.8 Å². The van der Waals surface area contributed by atoms with Gasteiger partial charge in [-0.25, -0.2) is 13.2 Å². The van der Waals surface area contributed by atoms with Crippen LogP contribution in [0.5, 0.6) is 0 Å². The van der Waals surface area contributed by atoms with Crippen molar-refractivity contribution in [2.24, 2.45) is 0 Å². The number of hydrogen-bond acceptors (Lipinski definition) is 6. The second kappa shape index (κ2) is 8.78. The van der Waals surface area contributed by atoms with E-state index in [-0.39, 0.29) is 37.6 Å². The van der Waals surface area contributed by atoms with Gasteiger partial charge in [0.05, 0.1) is 18.3 Å². The van der Waals surface area contributed by atoms with Crippen LogP contribution in [0.1, 0.15) is 19.3 Å². The lowest BCUT2D eigenvalue weighted by atomic mass is 10.0. The number of benzene rings is 1. The number of imide groups is 1. The summed E-state index contributed by atoms with van der Waals surface area (Å²) in [4.78, 5) is 22.9. The van der Waals surface area contributed by atoms with Gasteiger partial charge in [-0.15, -0.1) is 0 Å². The Morgan fingerprint density at radius 2 is 2.00 bits per heavy atom. The molecule has 1 aromatic rings. The molecule has 28 heavy (non-hydrogen) atoms. The molecule has 0 aromatic heterocycles. The average molecular weight is 399 g/mol. The third kappa shape index (κ3) is 5.14. The minimum absolute atomic E-state index is 0.231. The molecule has 2 atom stereocenters. The molecule has 2 fully saturated rings. The summed E-state index contributed by atoms with van der Waals surface area (Å²) in [6, 6.07) is 2.90. The Labute approximate surface area is 160 Å². The van der Waals surface area contributed by atoms with Crippen molar-refractivity contribution in [2.75, 3.05) is 36.8 Å². The summed E-state index contributed by atoms with van der Waals surface area (Å²) in [6.45, 7) is 0.762. The van der Waals surface area contributed by atoms with Crippen molar-refractivity contribution in [3.63, 3.8) is 0 Å². The Hall–Kier alpha value is -2.33. The fraction of sp³-hybridized carbons (Fsp3) is 0.556. The standard InChI is InChI=1S/C18H24F3N5O2/c19-12-9-11(25-14-3-4-16(27)26-17(14)28)1-2-13(12)23-7-8-24-15-5-6-22-10-18(15,20)21/h1-2,9,14-15,22-25H,3-8,10H2,(H,26,27,28). The number of hydrogen-bond donors (Lipinski definition) is 5. The maximum absolute atomic E-state index is 14.3. The Bertz CT molecular complexity index is 731. The quantitative estimate of drug-likeness (QED) is 0.348. The lowest BCUT2D eigenvalue weighted by Gasteiger charge is -2.32. The Kier molecular flexibility index (Phi) is 6.40. The van der Waals surface area contributed by atoms with E-state index in [1.54, 1.807) is 6.07 Å². The summed E-state index contributed by atoms with van der Waals surface area (Å²) in [5, 5.41) is 13.5. The molecule has 7 nitrogen and oxygen atoms in total. The van der Waals surface area contributed by atoms with Crippen LogP contribution < -0.4 is 26.6 Å². The molecule has 2 aliphatic rings. The van der Waals surface area contributed by atoms with E-state index in [1.165, 1.54) is 12.1 Å². The molecule has 2 heterocycles. The van der Waals surface area contributed by atoms with Crippen molar-refractivity contribution in [2.45, 2.75) is 37.3 Å². The smallest absolute Gasteiger partial charge is 0.275 e. The van der Waals surface area contributed by atoms with E-state index >= 15 is 0 Å². The van der Waals surface area contributed by atoms with Crippen LogP contribution in [-0.4, -0.2) is 56.0 Å². The molecule has 0 spiro atoms. The Morgan fingerprint density at radius 3 is 2.71 bits per heavy atom. The molecule has 10 heteroatoms. The summed E-state index contributed by atoms with van der Waals surface area (Å²) >= 11 is 0. The van der Waals surface area contributed by atoms with Crippen LogP contribution in [0.25, 0.3) is 0 Å². The molecule has 0 radical (unpaired) electrons. The molecule has 2 saturated heterocycles. The highest BCUT2D eigenvalue weighted by atomic mass is 19.3. The molecule has 0 saturated carbocycles. The summed E-state index contributed by atoms with van der Waals surface area (Å²) in [6.07, 6.45) is 0.913. The van der Waals surface area contributed by atoms with E-state index in [2.05, 4.69) is 26.6 Å². The van der Waals surface area contributed by atoms with Crippen LogP contribution in [0.2, 0.25) is 0 Å². The van der Waals surface area contributed by atoms with Crippen LogP contribution in [0, 0.1) is 5.82 Å². The second-order valence-corrected chi connectivity index (χ2v) is 7.00. The third-order valence-electron chi connectivity index (χ3n) is 4.86. The van der Waals surface area contributed by atoms with Crippen LogP contribution in [-0.2, 0) is 9.59 Å². The van der Waals surface area contributed by atoms with Gasteiger partial charge < -0.3 is 21.3 Å². The fourth-order valence-electron chi connectivity index (χ4n) is 3.31.